The van der Waals surface area contributed by atoms with E-state index in [1.165, 1.54) is 19.4 Å². The maximum absolute atomic E-state index is 13.0. The normalized spacial score (nSPS) is 10.5. The van der Waals surface area contributed by atoms with Crippen LogP contribution in [0.5, 0.6) is 0 Å². The van der Waals surface area contributed by atoms with Gasteiger partial charge in [0.2, 0.25) is 0 Å². The van der Waals surface area contributed by atoms with E-state index in [2.05, 4.69) is 15.0 Å². The van der Waals surface area contributed by atoms with Crippen LogP contribution >= 0.6 is 0 Å². The highest BCUT2D eigenvalue weighted by molar-refractivity contribution is 5.60. The number of halogens is 1. The molecule has 0 saturated heterocycles. The Labute approximate surface area is 97.5 Å². The molecule has 2 heterocycles. The van der Waals surface area contributed by atoms with Crippen LogP contribution in [0, 0.1) is 5.82 Å². The SMILES string of the molecule is COCc1nc(N)cc(-c2cncc(F)c2)n1. The first-order valence-electron chi connectivity index (χ1n) is 4.92. The zero-order chi connectivity index (χ0) is 12.3. The quantitative estimate of drug-likeness (QED) is 0.869. The monoisotopic (exact) mass is 234 g/mol. The van der Waals surface area contributed by atoms with Crippen LogP contribution in [0.1, 0.15) is 5.82 Å². The van der Waals surface area contributed by atoms with E-state index in [1.54, 1.807) is 6.07 Å². The molecule has 0 saturated carbocycles. The maximum Gasteiger partial charge on any atom is 0.157 e. The third-order valence-electron chi connectivity index (χ3n) is 2.07. The zero-order valence-corrected chi connectivity index (χ0v) is 9.22. The van der Waals surface area contributed by atoms with E-state index in [9.17, 15) is 4.39 Å². The highest BCUT2D eigenvalue weighted by atomic mass is 19.1. The van der Waals surface area contributed by atoms with Crippen molar-refractivity contribution in [3.63, 3.8) is 0 Å². The second-order valence-electron chi connectivity index (χ2n) is 3.42. The van der Waals surface area contributed by atoms with Gasteiger partial charge in [0.15, 0.2) is 5.82 Å². The Hall–Kier alpha value is -2.08. The van der Waals surface area contributed by atoms with Crippen LogP contribution < -0.4 is 5.73 Å². The van der Waals surface area contributed by atoms with Crippen molar-refractivity contribution in [2.45, 2.75) is 6.61 Å². The number of hydrogen-bond acceptors (Lipinski definition) is 5. The summed E-state index contributed by atoms with van der Waals surface area (Å²) < 4.78 is 18.0. The minimum Gasteiger partial charge on any atom is -0.384 e. The van der Waals surface area contributed by atoms with E-state index in [-0.39, 0.29) is 6.61 Å². The molecule has 0 bridgehead atoms. The van der Waals surface area contributed by atoms with Crippen LogP contribution in [0.25, 0.3) is 11.3 Å². The molecule has 2 N–H and O–H groups in total. The van der Waals surface area contributed by atoms with Gasteiger partial charge in [-0.05, 0) is 6.07 Å². The van der Waals surface area contributed by atoms with E-state index >= 15 is 0 Å². The Balaban J connectivity index is 2.44. The van der Waals surface area contributed by atoms with Crippen molar-refractivity contribution >= 4 is 5.82 Å². The van der Waals surface area contributed by atoms with Crippen LogP contribution in [-0.4, -0.2) is 22.1 Å². The highest BCUT2D eigenvalue weighted by Crippen LogP contribution is 2.18. The molecule has 0 spiro atoms. The first-order chi connectivity index (χ1) is 8.19. The Morgan fingerprint density at radius 1 is 1.29 bits per heavy atom. The van der Waals surface area contributed by atoms with Crippen LogP contribution in [0.2, 0.25) is 0 Å². The summed E-state index contributed by atoms with van der Waals surface area (Å²) in [7, 11) is 1.54. The summed E-state index contributed by atoms with van der Waals surface area (Å²) in [5.41, 5.74) is 6.72. The molecule has 6 heteroatoms. The van der Waals surface area contributed by atoms with Crippen molar-refractivity contribution in [3.8, 4) is 11.3 Å². The van der Waals surface area contributed by atoms with Gasteiger partial charge in [0.1, 0.15) is 18.2 Å². The molecule has 88 valence electrons. The molecule has 0 fully saturated rings. The van der Waals surface area contributed by atoms with Gasteiger partial charge in [0.25, 0.3) is 0 Å². The Kier molecular flexibility index (Phi) is 3.24. The molecule has 17 heavy (non-hydrogen) atoms. The lowest BCUT2D eigenvalue weighted by molar-refractivity contribution is 0.178. The molecule has 0 aliphatic heterocycles. The average molecular weight is 234 g/mol. The smallest absolute Gasteiger partial charge is 0.157 e. The van der Waals surface area contributed by atoms with Crippen LogP contribution in [0.4, 0.5) is 10.2 Å². The fourth-order valence-corrected chi connectivity index (χ4v) is 1.41. The number of nitrogen functional groups attached to an aromatic ring is 1. The number of hydrogen-bond donors (Lipinski definition) is 1. The van der Waals surface area contributed by atoms with Crippen LogP contribution in [0.3, 0.4) is 0 Å². The molecule has 2 aromatic heterocycles. The third kappa shape index (κ3) is 2.73. The van der Waals surface area contributed by atoms with E-state index in [0.29, 0.717) is 22.9 Å². The maximum atomic E-state index is 13.0. The van der Waals surface area contributed by atoms with Gasteiger partial charge < -0.3 is 10.5 Å². The van der Waals surface area contributed by atoms with Crippen molar-refractivity contribution in [3.05, 3.63) is 36.2 Å². The van der Waals surface area contributed by atoms with Gasteiger partial charge in [-0.25, -0.2) is 14.4 Å². The molecule has 0 amide bonds. The summed E-state index contributed by atoms with van der Waals surface area (Å²) in [5, 5.41) is 0. The molecule has 0 aromatic carbocycles. The number of nitrogens with zero attached hydrogens (tertiary/aromatic N) is 3. The number of pyridine rings is 1. The Bertz CT molecular complexity index is 533. The van der Waals surface area contributed by atoms with Crippen LogP contribution in [0.15, 0.2) is 24.5 Å². The second-order valence-corrected chi connectivity index (χ2v) is 3.42. The number of nitrogens with two attached hydrogens (primary N) is 1. The second kappa shape index (κ2) is 4.84. The lowest BCUT2D eigenvalue weighted by Crippen LogP contribution is -2.02. The van der Waals surface area contributed by atoms with Gasteiger partial charge in [-0.2, -0.15) is 0 Å². The van der Waals surface area contributed by atoms with Gasteiger partial charge in [-0.3, -0.25) is 4.98 Å². The number of anilines is 1. The molecule has 0 radical (unpaired) electrons. The van der Waals surface area contributed by atoms with Crippen molar-refractivity contribution in [2.75, 3.05) is 12.8 Å². The number of aromatic nitrogens is 3. The van der Waals surface area contributed by atoms with E-state index in [0.717, 1.165) is 6.20 Å². The fourth-order valence-electron chi connectivity index (χ4n) is 1.41. The highest BCUT2D eigenvalue weighted by Gasteiger charge is 2.06. The summed E-state index contributed by atoms with van der Waals surface area (Å²) in [6.07, 6.45) is 2.64. The summed E-state index contributed by atoms with van der Waals surface area (Å²) in [6, 6.07) is 2.90. The van der Waals surface area contributed by atoms with Gasteiger partial charge in [-0.15, -0.1) is 0 Å². The molecule has 0 aliphatic rings. The molecule has 2 rings (SSSR count). The Morgan fingerprint density at radius 3 is 2.82 bits per heavy atom. The van der Waals surface area contributed by atoms with Crippen molar-refractivity contribution in [1.82, 2.24) is 15.0 Å². The summed E-state index contributed by atoms with van der Waals surface area (Å²) in [5.74, 6) is 0.339. The van der Waals surface area contributed by atoms with Gasteiger partial charge in [0, 0.05) is 24.9 Å². The molecular weight excluding hydrogens is 223 g/mol. The topological polar surface area (TPSA) is 73.9 Å². The molecule has 0 atom stereocenters. The van der Waals surface area contributed by atoms with Gasteiger partial charge in [-0.1, -0.05) is 0 Å². The lowest BCUT2D eigenvalue weighted by atomic mass is 10.2. The zero-order valence-electron chi connectivity index (χ0n) is 9.22. The molecular formula is C11H11FN4O. The first kappa shape index (κ1) is 11.4. The number of methoxy groups -OCH3 is 1. The molecule has 5 nitrogen and oxygen atoms in total. The third-order valence-corrected chi connectivity index (χ3v) is 2.07. The van der Waals surface area contributed by atoms with Gasteiger partial charge >= 0.3 is 0 Å². The van der Waals surface area contributed by atoms with E-state index in [1.807, 2.05) is 0 Å². The first-order valence-corrected chi connectivity index (χ1v) is 4.92. The standard InChI is InChI=1S/C11H11FN4O/c1-17-6-11-15-9(3-10(13)16-11)7-2-8(12)5-14-4-7/h2-5H,6H2,1H3,(H2,13,15,16). The molecule has 0 aliphatic carbocycles. The van der Waals surface area contributed by atoms with Gasteiger partial charge in [0.05, 0.1) is 11.9 Å². The minimum atomic E-state index is -0.423. The minimum absolute atomic E-state index is 0.251. The number of rotatable bonds is 3. The van der Waals surface area contributed by atoms with Crippen molar-refractivity contribution in [1.29, 1.82) is 0 Å². The van der Waals surface area contributed by atoms with E-state index in [4.69, 9.17) is 10.5 Å². The molecule has 2 aromatic rings. The Morgan fingerprint density at radius 2 is 2.12 bits per heavy atom. The summed E-state index contributed by atoms with van der Waals surface area (Å²) >= 11 is 0. The van der Waals surface area contributed by atoms with Crippen molar-refractivity contribution < 1.29 is 9.13 Å². The predicted octanol–water partition coefficient (Wildman–Crippen LogP) is 1.41. The summed E-state index contributed by atoms with van der Waals surface area (Å²) in [4.78, 5) is 12.0. The predicted molar refractivity (Wildman–Crippen MR) is 60.3 cm³/mol. The largest absolute Gasteiger partial charge is 0.384 e. The average Bonchev–Trinajstić information content (AvgIpc) is 2.28. The lowest BCUT2D eigenvalue weighted by Gasteiger charge is -2.05. The molecule has 0 unspecified atom stereocenters. The fraction of sp³-hybridized carbons (Fsp3) is 0.182. The number of ether oxygens (including phenoxy) is 1. The van der Waals surface area contributed by atoms with Crippen LogP contribution in [-0.2, 0) is 11.3 Å². The van der Waals surface area contributed by atoms with Crippen molar-refractivity contribution in [2.24, 2.45) is 0 Å². The summed E-state index contributed by atoms with van der Waals surface area (Å²) in [6.45, 7) is 0.251. The van der Waals surface area contributed by atoms with E-state index < -0.39 is 5.82 Å².